The Morgan fingerprint density at radius 1 is 1.10 bits per heavy atom. The normalized spacial score (nSPS) is 26.0. The first-order chi connectivity index (χ1) is 15.0. The Hall–Kier alpha value is -3.36. The van der Waals surface area contributed by atoms with Crippen LogP contribution in [0.15, 0.2) is 29.4 Å². The van der Waals surface area contributed by atoms with Crippen LogP contribution in [0.4, 0.5) is 0 Å². The molecule has 0 N–H and O–H groups in total. The van der Waals surface area contributed by atoms with Crippen molar-refractivity contribution < 1.29 is 33.3 Å². The van der Waals surface area contributed by atoms with E-state index in [1.54, 1.807) is 19.1 Å². The number of carbonyl (C=O) groups is 3. The van der Waals surface area contributed by atoms with Gasteiger partial charge in [0.15, 0.2) is 18.1 Å². The third kappa shape index (κ3) is 3.64. The topological polar surface area (TPSA) is 104 Å². The van der Waals surface area contributed by atoms with Crippen molar-refractivity contribution in [2.45, 2.75) is 13.3 Å². The van der Waals surface area contributed by atoms with Gasteiger partial charge in [0.1, 0.15) is 0 Å². The average molecular weight is 428 g/mol. The summed E-state index contributed by atoms with van der Waals surface area (Å²) < 4.78 is 21.1. The summed E-state index contributed by atoms with van der Waals surface area (Å²) in [5.41, 5.74) is 0.538. The van der Waals surface area contributed by atoms with E-state index >= 15 is 0 Å². The number of hydrazone groups is 1. The summed E-state index contributed by atoms with van der Waals surface area (Å²) in [6, 6.07) is 3.23. The lowest BCUT2D eigenvalue weighted by atomic mass is 9.85. The first-order valence-corrected chi connectivity index (χ1v) is 10.1. The second-order valence-corrected chi connectivity index (χ2v) is 7.58. The zero-order valence-corrected chi connectivity index (χ0v) is 17.6. The number of benzene rings is 1. The number of carbonyl (C=O) groups excluding carboxylic acids is 3. The van der Waals surface area contributed by atoms with Gasteiger partial charge >= 0.3 is 5.97 Å². The summed E-state index contributed by atoms with van der Waals surface area (Å²) >= 11 is 0. The fourth-order valence-electron chi connectivity index (χ4n) is 4.58. The standard InChI is InChI=1S/C22H24N2O7/c1-4-30-17(25)11-31-20-15(28-2)7-12(8-16(20)29-3)10-23-24-21(26)18-13-5-6-14(9-13)19(18)22(24)27/h5-8,10,13-14,18-19H,4,9,11H2,1-3H3/t13-,14-,18-,19+/m0/s1. The summed E-state index contributed by atoms with van der Waals surface area (Å²) in [6.07, 6.45) is 6.35. The zero-order valence-electron chi connectivity index (χ0n) is 17.6. The number of imide groups is 1. The number of ether oxygens (including phenoxy) is 4. The Balaban J connectivity index is 1.53. The van der Waals surface area contributed by atoms with Crippen LogP contribution in [0, 0.1) is 23.7 Å². The van der Waals surface area contributed by atoms with Crippen LogP contribution in [0.1, 0.15) is 18.9 Å². The third-order valence-electron chi connectivity index (χ3n) is 5.89. The Morgan fingerprint density at radius 3 is 2.19 bits per heavy atom. The first-order valence-electron chi connectivity index (χ1n) is 10.1. The van der Waals surface area contributed by atoms with E-state index in [1.807, 2.05) is 12.2 Å². The van der Waals surface area contributed by atoms with Crippen LogP contribution < -0.4 is 14.2 Å². The molecule has 1 aromatic rings. The number of allylic oxidation sites excluding steroid dienone is 2. The monoisotopic (exact) mass is 428 g/mol. The summed E-state index contributed by atoms with van der Waals surface area (Å²) in [5.74, 6) is -0.521. The quantitative estimate of drug-likeness (QED) is 0.269. The SMILES string of the molecule is CCOC(=O)COc1c(OC)cc(C=NN2C(=O)[C@@H]3[C@H](C2=O)[C@H]2C=C[C@H]3C2)cc1OC. The minimum Gasteiger partial charge on any atom is -0.493 e. The molecule has 31 heavy (non-hydrogen) atoms. The van der Waals surface area contributed by atoms with E-state index in [9.17, 15) is 14.4 Å². The summed E-state index contributed by atoms with van der Waals surface area (Å²) in [4.78, 5) is 37.1. The second-order valence-electron chi connectivity index (χ2n) is 7.58. The van der Waals surface area contributed by atoms with Crippen molar-refractivity contribution in [2.24, 2.45) is 28.8 Å². The lowest BCUT2D eigenvalue weighted by Crippen LogP contribution is -2.28. The summed E-state index contributed by atoms with van der Waals surface area (Å²) in [6.45, 7) is 1.65. The van der Waals surface area contributed by atoms with E-state index in [-0.39, 0.29) is 54.4 Å². The van der Waals surface area contributed by atoms with E-state index in [0.717, 1.165) is 11.4 Å². The summed E-state index contributed by atoms with van der Waals surface area (Å²) in [7, 11) is 2.90. The van der Waals surface area contributed by atoms with Crippen molar-refractivity contribution in [2.75, 3.05) is 27.4 Å². The highest BCUT2D eigenvalue weighted by Gasteiger charge is 2.59. The van der Waals surface area contributed by atoms with Gasteiger partial charge in [-0.25, -0.2) is 4.79 Å². The smallest absolute Gasteiger partial charge is 0.344 e. The van der Waals surface area contributed by atoms with Crippen molar-refractivity contribution >= 4 is 24.0 Å². The molecule has 2 bridgehead atoms. The third-order valence-corrected chi connectivity index (χ3v) is 5.89. The molecule has 2 aliphatic carbocycles. The van der Waals surface area contributed by atoms with Gasteiger partial charge in [-0.3, -0.25) is 9.59 Å². The first kappa shape index (κ1) is 20.9. The van der Waals surface area contributed by atoms with E-state index in [1.165, 1.54) is 20.4 Å². The van der Waals surface area contributed by atoms with Crippen LogP contribution in [-0.2, 0) is 19.1 Å². The molecule has 1 aliphatic heterocycles. The molecule has 9 heteroatoms. The van der Waals surface area contributed by atoms with Gasteiger partial charge in [0.2, 0.25) is 5.75 Å². The second kappa shape index (κ2) is 8.41. The number of hydrogen-bond acceptors (Lipinski definition) is 8. The largest absolute Gasteiger partial charge is 0.493 e. The van der Waals surface area contributed by atoms with Crippen molar-refractivity contribution in [1.29, 1.82) is 0 Å². The van der Waals surface area contributed by atoms with Crippen LogP contribution in [0.3, 0.4) is 0 Å². The Labute approximate surface area is 179 Å². The van der Waals surface area contributed by atoms with Gasteiger partial charge < -0.3 is 18.9 Å². The van der Waals surface area contributed by atoms with Crippen LogP contribution in [0.5, 0.6) is 17.2 Å². The number of amides is 2. The van der Waals surface area contributed by atoms with Crippen molar-refractivity contribution in [3.8, 4) is 17.2 Å². The Kier molecular flexibility index (Phi) is 5.67. The van der Waals surface area contributed by atoms with Gasteiger partial charge in [0, 0.05) is 5.56 Å². The van der Waals surface area contributed by atoms with Crippen molar-refractivity contribution in [3.05, 3.63) is 29.8 Å². The van der Waals surface area contributed by atoms with Gasteiger partial charge in [-0.2, -0.15) is 10.1 Å². The molecular formula is C22H24N2O7. The van der Waals surface area contributed by atoms with Gasteiger partial charge in [-0.15, -0.1) is 0 Å². The molecule has 1 heterocycles. The molecule has 4 atom stereocenters. The molecule has 0 radical (unpaired) electrons. The predicted molar refractivity (Wildman–Crippen MR) is 109 cm³/mol. The number of nitrogens with zero attached hydrogens (tertiary/aromatic N) is 2. The van der Waals surface area contributed by atoms with Crippen LogP contribution >= 0.6 is 0 Å². The predicted octanol–water partition coefficient (Wildman–Crippen LogP) is 1.79. The molecule has 1 saturated carbocycles. The maximum atomic E-state index is 12.8. The molecule has 3 aliphatic rings. The van der Waals surface area contributed by atoms with E-state index < -0.39 is 5.97 Å². The summed E-state index contributed by atoms with van der Waals surface area (Å²) in [5, 5.41) is 5.15. The number of esters is 1. The van der Waals surface area contributed by atoms with Crippen LogP contribution in [-0.4, -0.2) is 56.4 Å². The molecule has 1 saturated heterocycles. The van der Waals surface area contributed by atoms with Crippen molar-refractivity contribution in [3.63, 3.8) is 0 Å². The molecule has 0 unspecified atom stereocenters. The highest BCUT2D eigenvalue weighted by Crippen LogP contribution is 2.52. The van der Waals surface area contributed by atoms with Gasteiger partial charge in [-0.05, 0) is 37.3 Å². The van der Waals surface area contributed by atoms with E-state index in [0.29, 0.717) is 17.1 Å². The maximum absolute atomic E-state index is 12.8. The minimum atomic E-state index is -0.516. The molecule has 1 aromatic carbocycles. The van der Waals surface area contributed by atoms with Gasteiger partial charge in [-0.1, -0.05) is 12.2 Å². The van der Waals surface area contributed by atoms with Crippen molar-refractivity contribution in [1.82, 2.24) is 5.01 Å². The van der Waals surface area contributed by atoms with E-state index in [4.69, 9.17) is 18.9 Å². The highest BCUT2D eigenvalue weighted by atomic mass is 16.6. The van der Waals surface area contributed by atoms with Crippen LogP contribution in [0.2, 0.25) is 0 Å². The highest BCUT2D eigenvalue weighted by molar-refractivity contribution is 6.06. The molecule has 164 valence electrons. The number of hydrogen-bond donors (Lipinski definition) is 0. The number of fused-ring (bicyclic) bond motifs is 5. The van der Waals surface area contributed by atoms with E-state index in [2.05, 4.69) is 5.10 Å². The van der Waals surface area contributed by atoms with Gasteiger partial charge in [0.25, 0.3) is 11.8 Å². The van der Waals surface area contributed by atoms with Crippen LogP contribution in [0.25, 0.3) is 0 Å². The fourth-order valence-corrected chi connectivity index (χ4v) is 4.58. The molecule has 4 rings (SSSR count). The minimum absolute atomic E-state index is 0.127. The number of rotatable bonds is 8. The molecule has 2 fully saturated rings. The number of methoxy groups -OCH3 is 2. The zero-order chi connectivity index (χ0) is 22.1. The molecular weight excluding hydrogens is 404 g/mol. The molecule has 2 amide bonds. The maximum Gasteiger partial charge on any atom is 0.344 e. The molecule has 0 spiro atoms. The molecule has 0 aromatic heterocycles. The van der Waals surface area contributed by atoms with Gasteiger partial charge in [0.05, 0.1) is 38.9 Å². The average Bonchev–Trinajstić information content (AvgIpc) is 3.45. The molecule has 9 nitrogen and oxygen atoms in total. The Morgan fingerprint density at radius 2 is 1.68 bits per heavy atom. The lowest BCUT2D eigenvalue weighted by Gasteiger charge is -2.15. The Bertz CT molecular complexity index is 916. The lowest BCUT2D eigenvalue weighted by molar-refractivity contribution is -0.145. The fraction of sp³-hybridized carbons (Fsp3) is 0.455.